The first-order valence-corrected chi connectivity index (χ1v) is 6.56. The average Bonchev–Trinajstić information content (AvgIpc) is 2.60. The van der Waals surface area contributed by atoms with E-state index in [1.165, 1.54) is 19.5 Å². The Hall–Kier alpha value is -0.120. The molecule has 0 amide bonds. The molecule has 2 atom stereocenters. The van der Waals surface area contributed by atoms with Gasteiger partial charge in [0.15, 0.2) is 0 Å². The van der Waals surface area contributed by atoms with Crippen LogP contribution in [0, 0.1) is 5.92 Å². The van der Waals surface area contributed by atoms with Gasteiger partial charge in [-0.25, -0.2) is 0 Å². The van der Waals surface area contributed by atoms with Gasteiger partial charge >= 0.3 is 0 Å². The third-order valence-electron chi connectivity index (χ3n) is 3.47. The van der Waals surface area contributed by atoms with E-state index in [9.17, 15) is 5.11 Å². The monoisotopic (exact) mass is 228 g/mol. The fraction of sp³-hybridized carbons (Fsp3) is 1.00. The van der Waals surface area contributed by atoms with E-state index >= 15 is 0 Å². The summed E-state index contributed by atoms with van der Waals surface area (Å²) in [6.07, 6.45) is 2.35. The minimum Gasteiger partial charge on any atom is -0.394 e. The van der Waals surface area contributed by atoms with E-state index in [0.717, 1.165) is 18.9 Å². The molecule has 0 aliphatic carbocycles. The maximum atomic E-state index is 9.48. The molecule has 0 bridgehead atoms. The lowest BCUT2D eigenvalue weighted by Crippen LogP contribution is -2.50. The lowest BCUT2D eigenvalue weighted by Gasteiger charge is -2.32. The molecule has 16 heavy (non-hydrogen) atoms. The molecular weight excluding hydrogens is 200 g/mol. The first-order valence-electron chi connectivity index (χ1n) is 6.56. The van der Waals surface area contributed by atoms with Gasteiger partial charge in [0.05, 0.1) is 6.61 Å². The highest BCUT2D eigenvalue weighted by Gasteiger charge is 2.26. The predicted molar refractivity (Wildman–Crippen MR) is 68.6 cm³/mol. The fourth-order valence-electron chi connectivity index (χ4n) is 2.53. The van der Waals surface area contributed by atoms with Gasteiger partial charge in [-0.1, -0.05) is 20.8 Å². The minimum atomic E-state index is -0.125. The van der Waals surface area contributed by atoms with Crippen molar-refractivity contribution >= 4 is 0 Å². The second kappa shape index (κ2) is 5.99. The Morgan fingerprint density at radius 2 is 2.19 bits per heavy atom. The molecule has 0 aromatic heterocycles. The van der Waals surface area contributed by atoms with E-state index in [2.05, 4.69) is 37.9 Å². The summed E-state index contributed by atoms with van der Waals surface area (Å²) in [5.74, 6) is 0.846. The SMILES string of the molecule is CC1CCN(CCC(C)(CO)NC(C)C)C1. The van der Waals surface area contributed by atoms with Crippen molar-refractivity contribution < 1.29 is 5.11 Å². The second-order valence-electron chi connectivity index (χ2n) is 5.96. The van der Waals surface area contributed by atoms with Gasteiger partial charge in [0.2, 0.25) is 0 Å². The molecule has 1 saturated heterocycles. The summed E-state index contributed by atoms with van der Waals surface area (Å²) >= 11 is 0. The van der Waals surface area contributed by atoms with Crippen molar-refractivity contribution in [1.82, 2.24) is 10.2 Å². The smallest absolute Gasteiger partial charge is 0.0611 e. The standard InChI is InChI=1S/C13H28N2O/c1-11(2)14-13(4,10-16)6-8-15-7-5-12(3)9-15/h11-12,14,16H,5-10H2,1-4H3. The topological polar surface area (TPSA) is 35.5 Å². The zero-order chi connectivity index (χ0) is 12.2. The third kappa shape index (κ3) is 4.40. The highest BCUT2D eigenvalue weighted by atomic mass is 16.3. The van der Waals surface area contributed by atoms with Gasteiger partial charge in [-0.2, -0.15) is 0 Å². The van der Waals surface area contributed by atoms with Crippen LogP contribution in [0.1, 0.15) is 40.5 Å². The van der Waals surface area contributed by atoms with Crippen LogP contribution in [0.4, 0.5) is 0 Å². The molecule has 1 aliphatic heterocycles. The van der Waals surface area contributed by atoms with E-state index in [0.29, 0.717) is 6.04 Å². The van der Waals surface area contributed by atoms with Crippen molar-refractivity contribution in [1.29, 1.82) is 0 Å². The average molecular weight is 228 g/mol. The third-order valence-corrected chi connectivity index (χ3v) is 3.47. The Morgan fingerprint density at radius 1 is 1.50 bits per heavy atom. The minimum absolute atomic E-state index is 0.125. The van der Waals surface area contributed by atoms with Crippen LogP contribution in [-0.4, -0.2) is 47.8 Å². The Labute approximate surface area is 100 Å². The number of aliphatic hydroxyl groups excluding tert-OH is 1. The Kier molecular flexibility index (Phi) is 5.22. The van der Waals surface area contributed by atoms with Gasteiger partial charge in [0.1, 0.15) is 0 Å². The van der Waals surface area contributed by atoms with Crippen LogP contribution in [0.15, 0.2) is 0 Å². The van der Waals surface area contributed by atoms with Gasteiger partial charge < -0.3 is 15.3 Å². The van der Waals surface area contributed by atoms with Gasteiger partial charge in [0, 0.05) is 18.1 Å². The Bertz CT molecular complexity index is 208. The first-order chi connectivity index (χ1) is 7.45. The maximum Gasteiger partial charge on any atom is 0.0611 e. The number of hydrogen-bond acceptors (Lipinski definition) is 3. The largest absolute Gasteiger partial charge is 0.394 e. The second-order valence-corrected chi connectivity index (χ2v) is 5.96. The predicted octanol–water partition coefficient (Wildman–Crippen LogP) is 1.47. The molecule has 1 fully saturated rings. The van der Waals surface area contributed by atoms with Crippen molar-refractivity contribution in [2.24, 2.45) is 5.92 Å². The number of aliphatic hydroxyl groups is 1. The lowest BCUT2D eigenvalue weighted by atomic mass is 9.97. The van der Waals surface area contributed by atoms with E-state index in [-0.39, 0.29) is 12.1 Å². The molecule has 3 heteroatoms. The van der Waals surface area contributed by atoms with Crippen molar-refractivity contribution in [3.05, 3.63) is 0 Å². The molecular formula is C13H28N2O. The highest BCUT2D eigenvalue weighted by molar-refractivity contribution is 4.86. The number of rotatable bonds is 6. The number of nitrogens with zero attached hydrogens (tertiary/aromatic N) is 1. The zero-order valence-corrected chi connectivity index (χ0v) is 11.3. The van der Waals surface area contributed by atoms with Crippen LogP contribution in [-0.2, 0) is 0 Å². The molecule has 2 unspecified atom stereocenters. The Morgan fingerprint density at radius 3 is 2.62 bits per heavy atom. The van der Waals surface area contributed by atoms with Crippen molar-refractivity contribution in [2.75, 3.05) is 26.2 Å². The first kappa shape index (κ1) is 13.9. The molecule has 1 aliphatic rings. The van der Waals surface area contributed by atoms with Crippen LogP contribution in [0.25, 0.3) is 0 Å². The molecule has 3 nitrogen and oxygen atoms in total. The molecule has 96 valence electrons. The molecule has 1 heterocycles. The van der Waals surface area contributed by atoms with Gasteiger partial charge in [-0.15, -0.1) is 0 Å². The summed E-state index contributed by atoms with van der Waals surface area (Å²) < 4.78 is 0. The molecule has 0 aromatic rings. The molecule has 0 aromatic carbocycles. The molecule has 0 spiro atoms. The van der Waals surface area contributed by atoms with Gasteiger partial charge in [-0.3, -0.25) is 0 Å². The number of nitrogens with one attached hydrogen (secondary N) is 1. The van der Waals surface area contributed by atoms with Crippen LogP contribution in [0.5, 0.6) is 0 Å². The maximum absolute atomic E-state index is 9.48. The quantitative estimate of drug-likeness (QED) is 0.722. The lowest BCUT2D eigenvalue weighted by molar-refractivity contribution is 0.142. The van der Waals surface area contributed by atoms with E-state index < -0.39 is 0 Å². The highest BCUT2D eigenvalue weighted by Crippen LogP contribution is 2.18. The van der Waals surface area contributed by atoms with E-state index in [1.807, 2.05) is 0 Å². The summed E-state index contributed by atoms with van der Waals surface area (Å²) in [5, 5.41) is 12.9. The van der Waals surface area contributed by atoms with Crippen LogP contribution in [0.2, 0.25) is 0 Å². The van der Waals surface area contributed by atoms with Gasteiger partial charge in [-0.05, 0) is 38.8 Å². The van der Waals surface area contributed by atoms with E-state index in [1.54, 1.807) is 0 Å². The number of likely N-dealkylation sites (tertiary alicyclic amines) is 1. The summed E-state index contributed by atoms with van der Waals surface area (Å²) in [6, 6.07) is 0.426. The Balaban J connectivity index is 2.33. The van der Waals surface area contributed by atoms with Crippen molar-refractivity contribution in [2.45, 2.75) is 52.1 Å². The van der Waals surface area contributed by atoms with Crippen molar-refractivity contribution in [3.63, 3.8) is 0 Å². The summed E-state index contributed by atoms with van der Waals surface area (Å²) in [4.78, 5) is 2.51. The fourth-order valence-corrected chi connectivity index (χ4v) is 2.53. The van der Waals surface area contributed by atoms with E-state index in [4.69, 9.17) is 0 Å². The summed E-state index contributed by atoms with van der Waals surface area (Å²) in [7, 11) is 0. The summed E-state index contributed by atoms with van der Waals surface area (Å²) in [5.41, 5.74) is -0.125. The molecule has 0 radical (unpaired) electrons. The van der Waals surface area contributed by atoms with Crippen LogP contribution < -0.4 is 5.32 Å². The molecule has 1 rings (SSSR count). The summed E-state index contributed by atoms with van der Waals surface area (Å²) in [6.45, 7) is 12.5. The van der Waals surface area contributed by atoms with Gasteiger partial charge in [0.25, 0.3) is 0 Å². The zero-order valence-electron chi connectivity index (χ0n) is 11.3. The number of hydrogen-bond donors (Lipinski definition) is 2. The van der Waals surface area contributed by atoms with Crippen molar-refractivity contribution in [3.8, 4) is 0 Å². The normalized spacial score (nSPS) is 26.2. The van der Waals surface area contributed by atoms with Crippen LogP contribution >= 0.6 is 0 Å². The van der Waals surface area contributed by atoms with Crippen LogP contribution in [0.3, 0.4) is 0 Å². The molecule has 0 saturated carbocycles. The molecule has 2 N–H and O–H groups in total.